The minimum Gasteiger partial charge on any atom is -0.292 e. The predicted octanol–water partition coefficient (Wildman–Crippen LogP) is 3.14. The highest BCUT2D eigenvalue weighted by molar-refractivity contribution is 5.95. The van der Waals surface area contributed by atoms with Gasteiger partial charge in [-0.1, -0.05) is 65.4 Å². The minimum absolute atomic E-state index is 0.0273. The second-order valence-electron chi connectivity index (χ2n) is 4.96. The van der Waals surface area contributed by atoms with E-state index in [0.29, 0.717) is 5.56 Å². The Morgan fingerprint density at radius 3 is 2.48 bits per heavy atom. The zero-order valence-electron chi connectivity index (χ0n) is 11.7. The zero-order chi connectivity index (χ0) is 14.7. The van der Waals surface area contributed by atoms with Crippen LogP contribution < -0.4 is 0 Å². The smallest absolute Gasteiger partial charge is 0.184 e. The molecule has 0 saturated heterocycles. The number of hydrogen-bond donors (Lipinski definition) is 0. The van der Waals surface area contributed by atoms with Gasteiger partial charge in [-0.05, 0) is 6.92 Å². The van der Waals surface area contributed by atoms with E-state index in [2.05, 4.69) is 10.3 Å². The summed E-state index contributed by atoms with van der Waals surface area (Å²) in [5.41, 5.74) is 3.59. The van der Waals surface area contributed by atoms with E-state index in [-0.39, 0.29) is 12.3 Å². The SMILES string of the molecule is Cc1ccc(C(=O)Cn2cc(-c3ccccc3)nn2)cc1. The number of ketones is 1. The van der Waals surface area contributed by atoms with Gasteiger partial charge in [-0.15, -0.1) is 5.10 Å². The van der Waals surface area contributed by atoms with E-state index in [4.69, 9.17) is 0 Å². The Morgan fingerprint density at radius 2 is 1.76 bits per heavy atom. The van der Waals surface area contributed by atoms with Crippen molar-refractivity contribution in [3.05, 3.63) is 71.9 Å². The molecule has 0 spiro atoms. The number of carbonyl (C=O) groups excluding carboxylic acids is 1. The average Bonchev–Trinajstić information content (AvgIpc) is 2.97. The van der Waals surface area contributed by atoms with Crippen molar-refractivity contribution in [2.75, 3.05) is 0 Å². The summed E-state index contributed by atoms with van der Waals surface area (Å²) in [5.74, 6) is 0.0273. The highest BCUT2D eigenvalue weighted by atomic mass is 16.1. The molecule has 0 amide bonds. The van der Waals surface area contributed by atoms with Crippen LogP contribution in [0.25, 0.3) is 11.3 Å². The first-order valence-electron chi connectivity index (χ1n) is 6.78. The summed E-state index contributed by atoms with van der Waals surface area (Å²) in [7, 11) is 0. The van der Waals surface area contributed by atoms with E-state index in [1.807, 2.05) is 61.5 Å². The molecule has 2 aromatic carbocycles. The molecule has 4 heteroatoms. The highest BCUT2D eigenvalue weighted by Crippen LogP contribution is 2.15. The molecule has 1 heterocycles. The molecule has 4 nitrogen and oxygen atoms in total. The first kappa shape index (κ1) is 13.2. The van der Waals surface area contributed by atoms with E-state index in [1.54, 1.807) is 10.9 Å². The predicted molar refractivity (Wildman–Crippen MR) is 81.0 cm³/mol. The number of Topliss-reactive ketones (excluding diaryl/α,β-unsaturated/α-hetero) is 1. The first-order chi connectivity index (χ1) is 10.2. The number of carbonyl (C=O) groups is 1. The second-order valence-corrected chi connectivity index (χ2v) is 4.96. The van der Waals surface area contributed by atoms with Crippen LogP contribution >= 0.6 is 0 Å². The molecule has 0 fully saturated rings. The van der Waals surface area contributed by atoms with Gasteiger partial charge >= 0.3 is 0 Å². The summed E-state index contributed by atoms with van der Waals surface area (Å²) >= 11 is 0. The Morgan fingerprint density at radius 1 is 1.05 bits per heavy atom. The molecule has 3 aromatic rings. The molecule has 0 aliphatic carbocycles. The van der Waals surface area contributed by atoms with Crippen molar-refractivity contribution in [2.24, 2.45) is 0 Å². The van der Waals surface area contributed by atoms with Crippen molar-refractivity contribution in [3.8, 4) is 11.3 Å². The number of nitrogens with zero attached hydrogens (tertiary/aromatic N) is 3. The monoisotopic (exact) mass is 277 g/mol. The van der Waals surface area contributed by atoms with Gasteiger partial charge in [0.1, 0.15) is 12.2 Å². The van der Waals surface area contributed by atoms with Crippen LogP contribution in [0.3, 0.4) is 0 Å². The first-order valence-corrected chi connectivity index (χ1v) is 6.78. The fourth-order valence-electron chi connectivity index (χ4n) is 2.09. The van der Waals surface area contributed by atoms with Crippen LogP contribution in [0, 0.1) is 6.92 Å². The third-order valence-corrected chi connectivity index (χ3v) is 3.29. The van der Waals surface area contributed by atoms with Crippen LogP contribution in [-0.2, 0) is 6.54 Å². The molecule has 3 rings (SSSR count). The van der Waals surface area contributed by atoms with Crippen LogP contribution in [0.1, 0.15) is 15.9 Å². The van der Waals surface area contributed by atoms with E-state index in [0.717, 1.165) is 16.8 Å². The quantitative estimate of drug-likeness (QED) is 0.688. The normalized spacial score (nSPS) is 10.5. The number of hydrogen-bond acceptors (Lipinski definition) is 3. The second kappa shape index (κ2) is 5.71. The van der Waals surface area contributed by atoms with Gasteiger partial charge in [0, 0.05) is 11.1 Å². The number of rotatable bonds is 4. The van der Waals surface area contributed by atoms with Crippen LogP contribution in [0.2, 0.25) is 0 Å². The van der Waals surface area contributed by atoms with Crippen molar-refractivity contribution in [1.29, 1.82) is 0 Å². The van der Waals surface area contributed by atoms with Gasteiger partial charge in [0.25, 0.3) is 0 Å². The van der Waals surface area contributed by atoms with Gasteiger partial charge in [-0.3, -0.25) is 4.79 Å². The molecule has 0 aliphatic rings. The lowest BCUT2D eigenvalue weighted by Crippen LogP contribution is -2.10. The topological polar surface area (TPSA) is 47.8 Å². The van der Waals surface area contributed by atoms with Crippen molar-refractivity contribution in [2.45, 2.75) is 13.5 Å². The van der Waals surface area contributed by atoms with E-state index < -0.39 is 0 Å². The summed E-state index contributed by atoms with van der Waals surface area (Å²) < 4.78 is 1.57. The van der Waals surface area contributed by atoms with E-state index >= 15 is 0 Å². The number of aromatic nitrogens is 3. The molecule has 0 N–H and O–H groups in total. The van der Waals surface area contributed by atoms with Crippen molar-refractivity contribution < 1.29 is 4.79 Å². The highest BCUT2D eigenvalue weighted by Gasteiger charge is 2.09. The maximum atomic E-state index is 12.2. The van der Waals surface area contributed by atoms with Gasteiger partial charge in [0.05, 0.1) is 6.20 Å². The Bertz CT molecular complexity index is 745. The van der Waals surface area contributed by atoms with Crippen LogP contribution in [0.15, 0.2) is 60.8 Å². The van der Waals surface area contributed by atoms with E-state index in [1.165, 1.54) is 0 Å². The lowest BCUT2D eigenvalue weighted by atomic mass is 10.1. The van der Waals surface area contributed by atoms with Gasteiger partial charge in [-0.2, -0.15) is 0 Å². The summed E-state index contributed by atoms with van der Waals surface area (Å²) in [6.07, 6.45) is 1.79. The molecule has 1 aromatic heterocycles. The van der Waals surface area contributed by atoms with Crippen LogP contribution in [0.5, 0.6) is 0 Å². The van der Waals surface area contributed by atoms with E-state index in [9.17, 15) is 4.79 Å². The zero-order valence-corrected chi connectivity index (χ0v) is 11.7. The Kier molecular flexibility index (Phi) is 3.60. The van der Waals surface area contributed by atoms with Gasteiger partial charge in [0.15, 0.2) is 5.78 Å². The molecule has 104 valence electrons. The summed E-state index contributed by atoms with van der Waals surface area (Å²) in [4.78, 5) is 12.2. The van der Waals surface area contributed by atoms with Gasteiger partial charge in [-0.25, -0.2) is 4.68 Å². The largest absolute Gasteiger partial charge is 0.292 e. The maximum absolute atomic E-state index is 12.2. The molecule has 0 bridgehead atoms. The number of benzene rings is 2. The molecular weight excluding hydrogens is 262 g/mol. The van der Waals surface area contributed by atoms with Gasteiger partial charge < -0.3 is 0 Å². The minimum atomic E-state index is 0.0273. The van der Waals surface area contributed by atoms with Crippen LogP contribution in [0.4, 0.5) is 0 Å². The average molecular weight is 277 g/mol. The van der Waals surface area contributed by atoms with Crippen molar-refractivity contribution >= 4 is 5.78 Å². The third-order valence-electron chi connectivity index (χ3n) is 3.29. The molecule has 0 unspecified atom stereocenters. The Balaban J connectivity index is 1.75. The van der Waals surface area contributed by atoms with Gasteiger partial charge in [0.2, 0.25) is 0 Å². The third kappa shape index (κ3) is 3.05. The Hall–Kier alpha value is -2.75. The van der Waals surface area contributed by atoms with Crippen molar-refractivity contribution in [1.82, 2.24) is 15.0 Å². The molecular formula is C17H15N3O. The lowest BCUT2D eigenvalue weighted by molar-refractivity contribution is 0.0967. The maximum Gasteiger partial charge on any atom is 0.184 e. The molecule has 0 radical (unpaired) electrons. The molecule has 0 saturated carbocycles. The number of aryl methyl sites for hydroxylation is 1. The molecule has 0 aliphatic heterocycles. The van der Waals surface area contributed by atoms with Crippen molar-refractivity contribution in [3.63, 3.8) is 0 Å². The Labute approximate surface area is 123 Å². The summed E-state index contributed by atoms with van der Waals surface area (Å²) in [6, 6.07) is 17.3. The molecule has 21 heavy (non-hydrogen) atoms. The molecule has 0 atom stereocenters. The summed E-state index contributed by atoms with van der Waals surface area (Å²) in [6.45, 7) is 2.20. The standard InChI is InChI=1S/C17H15N3O/c1-13-7-9-15(10-8-13)17(21)12-20-11-16(18-19-20)14-5-3-2-4-6-14/h2-11H,12H2,1H3. The van der Waals surface area contributed by atoms with Crippen LogP contribution in [-0.4, -0.2) is 20.8 Å². The fourth-order valence-corrected chi connectivity index (χ4v) is 2.09. The fraction of sp³-hybridized carbons (Fsp3) is 0.118. The summed E-state index contributed by atoms with van der Waals surface area (Å²) in [5, 5.41) is 8.13. The lowest BCUT2D eigenvalue weighted by Gasteiger charge is -2.01.